The molecular formula is C23H31N5O2. The van der Waals surface area contributed by atoms with E-state index in [1.54, 1.807) is 0 Å². The zero-order valence-corrected chi connectivity index (χ0v) is 17.5. The summed E-state index contributed by atoms with van der Waals surface area (Å²) in [7, 11) is 0. The first-order chi connectivity index (χ1) is 14.7. The lowest BCUT2D eigenvalue weighted by Gasteiger charge is -2.29. The Bertz CT molecular complexity index is 910. The van der Waals surface area contributed by atoms with Crippen LogP contribution in [0.25, 0.3) is 10.8 Å². The van der Waals surface area contributed by atoms with Crippen molar-refractivity contribution in [1.82, 2.24) is 9.80 Å². The van der Waals surface area contributed by atoms with Crippen LogP contribution in [0.2, 0.25) is 0 Å². The molecule has 7 heteroatoms. The topological polar surface area (TPSA) is 95.7 Å². The van der Waals surface area contributed by atoms with Crippen molar-refractivity contribution in [1.29, 1.82) is 0 Å². The van der Waals surface area contributed by atoms with Gasteiger partial charge in [0.05, 0.1) is 0 Å². The van der Waals surface area contributed by atoms with Crippen molar-refractivity contribution >= 4 is 28.3 Å². The quantitative estimate of drug-likeness (QED) is 0.433. The highest BCUT2D eigenvalue weighted by atomic mass is 16.2. The minimum Gasteiger partial charge on any atom is -0.367 e. The van der Waals surface area contributed by atoms with Crippen molar-refractivity contribution in [2.45, 2.75) is 19.3 Å². The van der Waals surface area contributed by atoms with E-state index in [-0.39, 0.29) is 11.8 Å². The van der Waals surface area contributed by atoms with Gasteiger partial charge in [0.25, 0.3) is 11.8 Å². The maximum Gasteiger partial charge on any atom is 0.261 e. The number of rotatable bonds is 11. The number of hydrogen-bond acceptors (Lipinski definition) is 6. The third-order valence-electron chi connectivity index (χ3n) is 5.97. The summed E-state index contributed by atoms with van der Waals surface area (Å²) in [5.74, 6) is -0.368. The molecule has 7 nitrogen and oxygen atoms in total. The van der Waals surface area contributed by atoms with Gasteiger partial charge in [0.1, 0.15) is 0 Å². The van der Waals surface area contributed by atoms with Crippen LogP contribution in [0.15, 0.2) is 30.3 Å². The number of carbonyl (C=O) groups excluding carboxylic acids is 2. The molecular weight excluding hydrogens is 378 g/mol. The summed E-state index contributed by atoms with van der Waals surface area (Å²) >= 11 is 0. The first-order valence-corrected chi connectivity index (χ1v) is 10.9. The van der Waals surface area contributed by atoms with E-state index in [9.17, 15) is 9.59 Å². The summed E-state index contributed by atoms with van der Waals surface area (Å²) < 4.78 is 0. The molecule has 0 aromatic heterocycles. The molecule has 2 aromatic carbocycles. The van der Waals surface area contributed by atoms with E-state index < -0.39 is 0 Å². The number of anilines is 1. The molecule has 2 amide bonds. The summed E-state index contributed by atoms with van der Waals surface area (Å²) in [5.41, 5.74) is 13.7. The predicted octanol–water partition coefficient (Wildman–Crippen LogP) is 1.65. The molecule has 30 heavy (non-hydrogen) atoms. The van der Waals surface area contributed by atoms with Gasteiger partial charge in [-0.25, -0.2) is 0 Å². The van der Waals surface area contributed by atoms with E-state index in [1.165, 1.54) is 4.90 Å². The minimum atomic E-state index is -0.184. The molecule has 0 atom stereocenters. The van der Waals surface area contributed by atoms with Crippen LogP contribution >= 0.6 is 0 Å². The lowest BCUT2D eigenvalue weighted by molar-refractivity contribution is 0.0603. The SMILES string of the molecule is NCCCN(CCCN)CCCN1C(=O)c2cccc3c(N4CC4)ccc(c23)C1=O. The third-order valence-corrected chi connectivity index (χ3v) is 5.97. The second-order valence-electron chi connectivity index (χ2n) is 8.09. The molecule has 2 aliphatic rings. The highest BCUT2D eigenvalue weighted by Gasteiger charge is 2.34. The summed E-state index contributed by atoms with van der Waals surface area (Å²) in [5, 5.41) is 1.80. The number of nitrogens with zero attached hydrogens (tertiary/aromatic N) is 3. The Kier molecular flexibility index (Phi) is 6.32. The Balaban J connectivity index is 1.50. The van der Waals surface area contributed by atoms with Crippen LogP contribution in [0.5, 0.6) is 0 Å². The number of amides is 2. The Morgan fingerprint density at radius 3 is 2.10 bits per heavy atom. The first kappa shape index (κ1) is 20.8. The second kappa shape index (κ2) is 9.12. The lowest BCUT2D eigenvalue weighted by Crippen LogP contribution is -2.42. The van der Waals surface area contributed by atoms with E-state index in [1.807, 2.05) is 30.3 Å². The van der Waals surface area contributed by atoms with Gasteiger partial charge < -0.3 is 21.3 Å². The Morgan fingerprint density at radius 2 is 1.47 bits per heavy atom. The standard InChI is InChI=1S/C23H31N5O2/c24-9-2-11-26(12-3-10-25)13-4-14-28-22(29)18-6-1-5-17-20(27-15-16-27)8-7-19(21(17)18)23(28)30/h1,5-8H,2-4,9-16,24-25H2. The molecule has 1 saturated heterocycles. The minimum absolute atomic E-state index is 0.184. The monoisotopic (exact) mass is 409 g/mol. The molecule has 2 heterocycles. The average Bonchev–Trinajstić information content (AvgIpc) is 3.60. The van der Waals surface area contributed by atoms with Gasteiger partial charge in [-0.2, -0.15) is 0 Å². The molecule has 0 saturated carbocycles. The van der Waals surface area contributed by atoms with Crippen molar-refractivity contribution in [3.63, 3.8) is 0 Å². The molecule has 160 valence electrons. The third kappa shape index (κ3) is 4.05. The van der Waals surface area contributed by atoms with Gasteiger partial charge in [-0.05, 0) is 70.2 Å². The van der Waals surface area contributed by atoms with Gasteiger partial charge in [-0.3, -0.25) is 14.5 Å². The first-order valence-electron chi connectivity index (χ1n) is 10.9. The molecule has 0 unspecified atom stereocenters. The molecule has 4 N–H and O–H groups in total. The zero-order valence-electron chi connectivity index (χ0n) is 17.5. The fraction of sp³-hybridized carbons (Fsp3) is 0.478. The van der Waals surface area contributed by atoms with Gasteiger partial charge in [0, 0.05) is 47.2 Å². The molecule has 0 bridgehead atoms. The number of hydrogen-bond donors (Lipinski definition) is 2. The van der Waals surface area contributed by atoms with Crippen LogP contribution in [0, 0.1) is 0 Å². The summed E-state index contributed by atoms with van der Waals surface area (Å²) in [6.45, 7) is 6.44. The largest absolute Gasteiger partial charge is 0.367 e. The summed E-state index contributed by atoms with van der Waals surface area (Å²) in [4.78, 5) is 32.3. The molecule has 4 rings (SSSR count). The number of benzene rings is 2. The average molecular weight is 410 g/mol. The number of carbonyl (C=O) groups is 2. The van der Waals surface area contributed by atoms with Crippen LogP contribution in [0.3, 0.4) is 0 Å². The maximum absolute atomic E-state index is 13.2. The van der Waals surface area contributed by atoms with Crippen LogP contribution in [0.1, 0.15) is 40.0 Å². The summed E-state index contributed by atoms with van der Waals surface area (Å²) in [6, 6.07) is 9.67. The normalized spacial score (nSPS) is 15.6. The van der Waals surface area contributed by atoms with Crippen molar-refractivity contribution in [2.24, 2.45) is 11.5 Å². The molecule has 1 fully saturated rings. The van der Waals surface area contributed by atoms with Crippen molar-refractivity contribution in [3.8, 4) is 0 Å². The number of nitrogens with two attached hydrogens (primary N) is 2. The molecule has 0 aliphatic carbocycles. The van der Waals surface area contributed by atoms with Crippen molar-refractivity contribution < 1.29 is 9.59 Å². The highest BCUT2D eigenvalue weighted by molar-refractivity contribution is 6.26. The lowest BCUT2D eigenvalue weighted by atomic mass is 9.93. The van der Waals surface area contributed by atoms with Crippen LogP contribution < -0.4 is 16.4 Å². The Morgan fingerprint density at radius 1 is 0.833 bits per heavy atom. The van der Waals surface area contributed by atoms with Gasteiger partial charge in [0.15, 0.2) is 0 Å². The van der Waals surface area contributed by atoms with Gasteiger partial charge in [-0.15, -0.1) is 0 Å². The van der Waals surface area contributed by atoms with Gasteiger partial charge in [-0.1, -0.05) is 12.1 Å². The predicted molar refractivity (Wildman–Crippen MR) is 120 cm³/mol. The van der Waals surface area contributed by atoms with Crippen LogP contribution in [0.4, 0.5) is 5.69 Å². The smallest absolute Gasteiger partial charge is 0.261 e. The van der Waals surface area contributed by atoms with Crippen LogP contribution in [-0.4, -0.2) is 74.0 Å². The van der Waals surface area contributed by atoms with E-state index in [0.29, 0.717) is 30.8 Å². The second-order valence-corrected chi connectivity index (χ2v) is 8.09. The molecule has 2 aromatic rings. The van der Waals surface area contributed by atoms with Crippen molar-refractivity contribution in [2.75, 3.05) is 57.3 Å². The van der Waals surface area contributed by atoms with Gasteiger partial charge in [0.2, 0.25) is 0 Å². The fourth-order valence-corrected chi connectivity index (χ4v) is 4.32. The highest BCUT2D eigenvalue weighted by Crippen LogP contribution is 2.37. The maximum atomic E-state index is 13.2. The van der Waals surface area contributed by atoms with Gasteiger partial charge >= 0.3 is 0 Å². The molecule has 0 spiro atoms. The summed E-state index contributed by atoms with van der Waals surface area (Å²) in [6.07, 6.45) is 2.60. The number of imide groups is 1. The molecule has 0 radical (unpaired) electrons. The van der Waals surface area contributed by atoms with Crippen LogP contribution in [-0.2, 0) is 0 Å². The Labute approximate surface area is 177 Å². The van der Waals surface area contributed by atoms with Crippen molar-refractivity contribution in [3.05, 3.63) is 41.5 Å². The Hall–Kier alpha value is -2.48. The zero-order chi connectivity index (χ0) is 21.1. The van der Waals surface area contributed by atoms with E-state index in [0.717, 1.165) is 68.4 Å². The fourth-order valence-electron chi connectivity index (χ4n) is 4.32. The van der Waals surface area contributed by atoms with E-state index in [2.05, 4.69) is 9.80 Å². The van der Waals surface area contributed by atoms with E-state index in [4.69, 9.17) is 11.5 Å². The van der Waals surface area contributed by atoms with E-state index >= 15 is 0 Å². The molecule has 2 aliphatic heterocycles.